The quantitative estimate of drug-likeness (QED) is 0.838. The first kappa shape index (κ1) is 13.9. The van der Waals surface area contributed by atoms with Crippen molar-refractivity contribution in [1.82, 2.24) is 0 Å². The van der Waals surface area contributed by atoms with Gasteiger partial charge in [-0.2, -0.15) is 18.4 Å². The van der Waals surface area contributed by atoms with E-state index in [1.165, 1.54) is 18.2 Å². The van der Waals surface area contributed by atoms with E-state index in [1.54, 1.807) is 0 Å². The fourth-order valence-corrected chi connectivity index (χ4v) is 1.24. The van der Waals surface area contributed by atoms with Crippen LogP contribution < -0.4 is 4.74 Å². The maximum atomic E-state index is 12.2. The number of nitrogens with zero attached hydrogens (tertiary/aromatic N) is 1. The summed E-state index contributed by atoms with van der Waals surface area (Å²) in [5.41, 5.74) is 0. The van der Waals surface area contributed by atoms with Crippen LogP contribution in [0, 0.1) is 17.2 Å². The SMILES string of the molecule is N#CC(COc1ccc(Cl)c(Cl)c1)C(F)(F)F. The highest BCUT2D eigenvalue weighted by Crippen LogP contribution is 2.29. The van der Waals surface area contributed by atoms with E-state index in [2.05, 4.69) is 0 Å². The van der Waals surface area contributed by atoms with Gasteiger partial charge in [0.1, 0.15) is 12.4 Å². The fraction of sp³-hybridized carbons (Fsp3) is 0.300. The van der Waals surface area contributed by atoms with Crippen LogP contribution in [0.15, 0.2) is 18.2 Å². The number of hydrogen-bond donors (Lipinski definition) is 0. The largest absolute Gasteiger partial charge is 0.492 e. The van der Waals surface area contributed by atoms with Crippen molar-refractivity contribution in [2.75, 3.05) is 6.61 Å². The molecule has 17 heavy (non-hydrogen) atoms. The number of rotatable bonds is 3. The summed E-state index contributed by atoms with van der Waals surface area (Å²) in [6.45, 7) is -0.780. The summed E-state index contributed by atoms with van der Waals surface area (Å²) >= 11 is 11.3. The lowest BCUT2D eigenvalue weighted by atomic mass is 10.2. The van der Waals surface area contributed by atoms with Crippen LogP contribution in [-0.4, -0.2) is 12.8 Å². The summed E-state index contributed by atoms with van der Waals surface area (Å²) in [6, 6.07) is 5.19. The molecule has 1 aromatic rings. The van der Waals surface area contributed by atoms with Crippen LogP contribution in [0.25, 0.3) is 0 Å². The van der Waals surface area contributed by atoms with Crippen molar-refractivity contribution in [1.29, 1.82) is 5.26 Å². The van der Waals surface area contributed by atoms with Gasteiger partial charge >= 0.3 is 6.18 Å². The van der Waals surface area contributed by atoms with E-state index in [1.807, 2.05) is 0 Å². The third-order valence-corrected chi connectivity index (χ3v) is 2.60. The van der Waals surface area contributed by atoms with E-state index in [0.29, 0.717) is 0 Å². The smallest absolute Gasteiger partial charge is 0.407 e. The molecule has 0 amide bonds. The Bertz CT molecular complexity index is 442. The molecule has 0 saturated carbocycles. The third-order valence-electron chi connectivity index (χ3n) is 1.86. The average Bonchev–Trinajstić information content (AvgIpc) is 2.22. The van der Waals surface area contributed by atoms with E-state index < -0.39 is 18.7 Å². The molecule has 1 aromatic carbocycles. The molecule has 0 radical (unpaired) electrons. The Morgan fingerprint density at radius 1 is 1.29 bits per heavy atom. The lowest BCUT2D eigenvalue weighted by Crippen LogP contribution is -2.27. The number of hydrogen-bond acceptors (Lipinski definition) is 2. The highest BCUT2D eigenvalue weighted by molar-refractivity contribution is 6.42. The van der Waals surface area contributed by atoms with Gasteiger partial charge in [-0.25, -0.2) is 0 Å². The molecule has 0 aromatic heterocycles. The van der Waals surface area contributed by atoms with Crippen molar-refractivity contribution in [3.63, 3.8) is 0 Å². The van der Waals surface area contributed by atoms with Gasteiger partial charge in [-0.15, -0.1) is 0 Å². The molecule has 0 aliphatic carbocycles. The number of nitriles is 1. The molecule has 0 spiro atoms. The van der Waals surface area contributed by atoms with E-state index in [-0.39, 0.29) is 15.8 Å². The molecule has 0 aliphatic rings. The first-order chi connectivity index (χ1) is 7.84. The van der Waals surface area contributed by atoms with E-state index in [4.69, 9.17) is 33.2 Å². The van der Waals surface area contributed by atoms with E-state index in [0.717, 1.165) is 6.07 Å². The van der Waals surface area contributed by atoms with Gasteiger partial charge in [-0.3, -0.25) is 0 Å². The van der Waals surface area contributed by atoms with Crippen molar-refractivity contribution in [2.45, 2.75) is 6.18 Å². The van der Waals surface area contributed by atoms with Crippen molar-refractivity contribution >= 4 is 23.2 Å². The zero-order chi connectivity index (χ0) is 13.1. The summed E-state index contributed by atoms with van der Waals surface area (Å²) in [6.07, 6.45) is -4.61. The van der Waals surface area contributed by atoms with Gasteiger partial charge in [0, 0.05) is 6.07 Å². The van der Waals surface area contributed by atoms with Crippen molar-refractivity contribution < 1.29 is 17.9 Å². The van der Waals surface area contributed by atoms with Crippen LogP contribution in [0.2, 0.25) is 10.0 Å². The molecule has 1 atom stereocenters. The Morgan fingerprint density at radius 2 is 1.94 bits per heavy atom. The Balaban J connectivity index is 2.67. The predicted molar refractivity (Wildman–Crippen MR) is 57.1 cm³/mol. The predicted octanol–water partition coefficient (Wildman–Crippen LogP) is 4.07. The zero-order valence-corrected chi connectivity index (χ0v) is 9.77. The molecular weight excluding hydrogens is 278 g/mol. The molecule has 1 rings (SSSR count). The van der Waals surface area contributed by atoms with Gasteiger partial charge < -0.3 is 4.74 Å². The zero-order valence-electron chi connectivity index (χ0n) is 8.26. The van der Waals surface area contributed by atoms with Crippen LogP contribution in [0.5, 0.6) is 5.75 Å². The summed E-state index contributed by atoms with van der Waals surface area (Å²) in [4.78, 5) is 0. The summed E-state index contributed by atoms with van der Waals surface area (Å²) in [5.74, 6) is -2.04. The van der Waals surface area contributed by atoms with Gasteiger partial charge in [0.05, 0.1) is 16.1 Å². The maximum Gasteiger partial charge on any atom is 0.407 e. The average molecular weight is 284 g/mol. The second-order valence-corrected chi connectivity index (χ2v) is 3.92. The van der Waals surface area contributed by atoms with Crippen LogP contribution in [0.3, 0.4) is 0 Å². The lowest BCUT2D eigenvalue weighted by Gasteiger charge is -2.14. The Kier molecular flexibility index (Phi) is 4.49. The second kappa shape index (κ2) is 5.48. The van der Waals surface area contributed by atoms with Crippen molar-refractivity contribution in [2.24, 2.45) is 5.92 Å². The van der Waals surface area contributed by atoms with E-state index in [9.17, 15) is 13.2 Å². The minimum Gasteiger partial charge on any atom is -0.492 e. The van der Waals surface area contributed by atoms with Crippen LogP contribution >= 0.6 is 23.2 Å². The summed E-state index contributed by atoms with van der Waals surface area (Å²) < 4.78 is 41.5. The Morgan fingerprint density at radius 3 is 2.41 bits per heavy atom. The van der Waals surface area contributed by atoms with Gasteiger partial charge in [-0.1, -0.05) is 23.2 Å². The number of halogens is 5. The standard InChI is InChI=1S/C10H6Cl2F3NO/c11-8-2-1-7(3-9(8)12)17-5-6(4-16)10(13,14)15/h1-3,6H,5H2. The normalized spacial score (nSPS) is 12.9. The van der Waals surface area contributed by atoms with Crippen molar-refractivity contribution in [3.05, 3.63) is 28.2 Å². The molecule has 0 heterocycles. The van der Waals surface area contributed by atoms with Crippen LogP contribution in [0.4, 0.5) is 13.2 Å². The minimum absolute atomic E-state index is 0.129. The highest BCUT2D eigenvalue weighted by Gasteiger charge is 2.40. The van der Waals surface area contributed by atoms with Gasteiger partial charge in [0.25, 0.3) is 0 Å². The molecule has 0 saturated heterocycles. The molecule has 92 valence electrons. The summed E-state index contributed by atoms with van der Waals surface area (Å²) in [5, 5.41) is 8.78. The first-order valence-corrected chi connectivity index (χ1v) is 5.14. The third kappa shape index (κ3) is 3.99. The number of ether oxygens (including phenoxy) is 1. The summed E-state index contributed by atoms with van der Waals surface area (Å²) in [7, 11) is 0. The van der Waals surface area contributed by atoms with E-state index >= 15 is 0 Å². The Hall–Kier alpha value is -1.12. The van der Waals surface area contributed by atoms with Crippen LogP contribution in [0.1, 0.15) is 0 Å². The van der Waals surface area contributed by atoms with Gasteiger partial charge in [0.15, 0.2) is 5.92 Å². The monoisotopic (exact) mass is 283 g/mol. The van der Waals surface area contributed by atoms with Crippen molar-refractivity contribution in [3.8, 4) is 11.8 Å². The Labute approximate surface area is 106 Å². The molecule has 0 bridgehead atoms. The lowest BCUT2D eigenvalue weighted by molar-refractivity contribution is -0.165. The molecule has 1 unspecified atom stereocenters. The molecule has 0 N–H and O–H groups in total. The minimum atomic E-state index is -4.61. The molecular formula is C10H6Cl2F3NO. The number of alkyl halides is 3. The molecule has 0 aliphatic heterocycles. The van der Waals surface area contributed by atoms with Crippen LogP contribution in [-0.2, 0) is 0 Å². The molecule has 2 nitrogen and oxygen atoms in total. The topological polar surface area (TPSA) is 33.0 Å². The maximum absolute atomic E-state index is 12.2. The molecule has 0 fully saturated rings. The second-order valence-electron chi connectivity index (χ2n) is 3.11. The first-order valence-electron chi connectivity index (χ1n) is 4.38. The fourth-order valence-electron chi connectivity index (χ4n) is 0.951. The van der Waals surface area contributed by atoms with Gasteiger partial charge in [-0.05, 0) is 12.1 Å². The highest BCUT2D eigenvalue weighted by atomic mass is 35.5. The number of benzene rings is 1. The van der Waals surface area contributed by atoms with Gasteiger partial charge in [0.2, 0.25) is 0 Å². The molecule has 7 heteroatoms.